The third-order valence-corrected chi connectivity index (χ3v) is 2.26. The van der Waals surface area contributed by atoms with Crippen molar-refractivity contribution in [2.45, 2.75) is 13.0 Å². The van der Waals surface area contributed by atoms with E-state index in [0.717, 1.165) is 0 Å². The van der Waals surface area contributed by atoms with Crippen molar-refractivity contribution in [2.24, 2.45) is 0 Å². The van der Waals surface area contributed by atoms with E-state index >= 15 is 0 Å². The van der Waals surface area contributed by atoms with E-state index < -0.39 is 6.04 Å². The summed E-state index contributed by atoms with van der Waals surface area (Å²) < 4.78 is 0. The Hall–Kier alpha value is -1.60. The molecule has 0 N–H and O–H groups in total. The second-order valence-electron chi connectivity index (χ2n) is 3.08. The molecule has 1 aromatic heterocycles. The second-order valence-corrected chi connectivity index (χ2v) is 3.52. The number of nitriles is 1. The number of hydrogen-bond donors (Lipinski definition) is 0. The van der Waals surface area contributed by atoms with Gasteiger partial charge in [0.1, 0.15) is 11.7 Å². The highest BCUT2D eigenvalue weighted by Gasteiger charge is 2.17. The first-order valence-corrected chi connectivity index (χ1v) is 4.72. The quantitative estimate of drug-likeness (QED) is 0.767. The molecular weight excluding hydrogens is 214 g/mol. The molecule has 1 amide bonds. The van der Waals surface area contributed by atoms with Crippen LogP contribution in [0.15, 0.2) is 18.3 Å². The summed E-state index contributed by atoms with van der Waals surface area (Å²) in [6.07, 6.45) is 1.40. The molecule has 0 saturated carbocycles. The SMILES string of the molecule is CC(C#N)N(C)C(=O)c1ccc(Cl)cn1. The molecule has 1 atom stereocenters. The fraction of sp³-hybridized carbons (Fsp3) is 0.300. The number of carbonyl (C=O) groups is 1. The highest BCUT2D eigenvalue weighted by molar-refractivity contribution is 6.30. The Kier molecular flexibility index (Phi) is 3.64. The van der Waals surface area contributed by atoms with Crippen LogP contribution < -0.4 is 0 Å². The van der Waals surface area contributed by atoms with Crippen molar-refractivity contribution >= 4 is 17.5 Å². The minimum absolute atomic E-state index is 0.281. The second kappa shape index (κ2) is 4.76. The van der Waals surface area contributed by atoms with Crippen LogP contribution in [-0.4, -0.2) is 28.9 Å². The van der Waals surface area contributed by atoms with Crippen LogP contribution >= 0.6 is 11.6 Å². The van der Waals surface area contributed by atoms with Gasteiger partial charge in [0.15, 0.2) is 0 Å². The molecule has 0 fully saturated rings. The van der Waals surface area contributed by atoms with E-state index in [2.05, 4.69) is 4.98 Å². The molecule has 0 aliphatic carbocycles. The average molecular weight is 224 g/mol. The Bertz CT molecular complexity index is 396. The van der Waals surface area contributed by atoms with Gasteiger partial charge < -0.3 is 4.90 Å². The van der Waals surface area contributed by atoms with Gasteiger partial charge >= 0.3 is 0 Å². The zero-order valence-corrected chi connectivity index (χ0v) is 9.19. The molecule has 0 aliphatic heterocycles. The zero-order valence-electron chi connectivity index (χ0n) is 8.44. The van der Waals surface area contributed by atoms with Crippen LogP contribution in [0.2, 0.25) is 5.02 Å². The number of aromatic nitrogens is 1. The lowest BCUT2D eigenvalue weighted by atomic mass is 10.2. The average Bonchev–Trinajstić information content (AvgIpc) is 2.27. The van der Waals surface area contributed by atoms with Crippen LogP contribution in [0.25, 0.3) is 0 Å². The third-order valence-electron chi connectivity index (χ3n) is 2.03. The van der Waals surface area contributed by atoms with Crippen LogP contribution in [0, 0.1) is 11.3 Å². The molecule has 5 heteroatoms. The van der Waals surface area contributed by atoms with E-state index in [4.69, 9.17) is 16.9 Å². The van der Waals surface area contributed by atoms with Crippen LogP contribution in [-0.2, 0) is 0 Å². The van der Waals surface area contributed by atoms with Gasteiger partial charge in [-0.1, -0.05) is 11.6 Å². The Morgan fingerprint density at radius 2 is 2.33 bits per heavy atom. The Balaban J connectivity index is 2.86. The van der Waals surface area contributed by atoms with E-state index in [-0.39, 0.29) is 11.6 Å². The topological polar surface area (TPSA) is 57.0 Å². The summed E-state index contributed by atoms with van der Waals surface area (Å²) in [4.78, 5) is 16.9. The molecule has 0 aliphatic rings. The number of rotatable bonds is 2. The molecule has 1 heterocycles. The van der Waals surface area contributed by atoms with Crippen molar-refractivity contribution in [3.05, 3.63) is 29.0 Å². The minimum Gasteiger partial charge on any atom is -0.325 e. The van der Waals surface area contributed by atoms with Gasteiger partial charge in [0, 0.05) is 13.2 Å². The maximum atomic E-state index is 11.7. The molecule has 1 aromatic rings. The van der Waals surface area contributed by atoms with Crippen LogP contribution in [0.1, 0.15) is 17.4 Å². The van der Waals surface area contributed by atoms with E-state index in [1.807, 2.05) is 6.07 Å². The van der Waals surface area contributed by atoms with Gasteiger partial charge in [-0.2, -0.15) is 5.26 Å². The normalized spacial score (nSPS) is 11.6. The van der Waals surface area contributed by atoms with Gasteiger partial charge in [-0.3, -0.25) is 4.79 Å². The summed E-state index contributed by atoms with van der Waals surface area (Å²) in [6, 6.07) is 4.62. The summed E-state index contributed by atoms with van der Waals surface area (Å²) in [6.45, 7) is 1.65. The van der Waals surface area contributed by atoms with Crippen molar-refractivity contribution < 1.29 is 4.79 Å². The largest absolute Gasteiger partial charge is 0.325 e. The molecule has 0 saturated heterocycles. The van der Waals surface area contributed by atoms with E-state index in [9.17, 15) is 4.79 Å². The first-order valence-electron chi connectivity index (χ1n) is 4.34. The van der Waals surface area contributed by atoms with E-state index in [1.54, 1.807) is 20.0 Å². The molecule has 0 radical (unpaired) electrons. The Morgan fingerprint density at radius 3 is 2.80 bits per heavy atom. The van der Waals surface area contributed by atoms with Crippen molar-refractivity contribution in [3.8, 4) is 6.07 Å². The van der Waals surface area contributed by atoms with Crippen molar-refractivity contribution in [3.63, 3.8) is 0 Å². The van der Waals surface area contributed by atoms with Crippen molar-refractivity contribution in [1.29, 1.82) is 5.26 Å². The number of halogens is 1. The summed E-state index contributed by atoms with van der Waals surface area (Å²) in [5.41, 5.74) is 0.281. The van der Waals surface area contributed by atoms with Gasteiger partial charge in [-0.25, -0.2) is 4.98 Å². The molecule has 0 bridgehead atoms. The summed E-state index contributed by atoms with van der Waals surface area (Å²) in [7, 11) is 1.56. The maximum absolute atomic E-state index is 11.7. The van der Waals surface area contributed by atoms with Crippen molar-refractivity contribution in [2.75, 3.05) is 7.05 Å². The molecular formula is C10H10ClN3O. The predicted molar refractivity (Wildman–Crippen MR) is 56.4 cm³/mol. The predicted octanol–water partition coefficient (Wildman–Crippen LogP) is 1.72. The fourth-order valence-corrected chi connectivity index (χ4v) is 1.06. The van der Waals surface area contributed by atoms with Gasteiger partial charge in [0.05, 0.1) is 11.1 Å². The Morgan fingerprint density at radius 1 is 1.67 bits per heavy atom. The molecule has 4 nitrogen and oxygen atoms in total. The molecule has 1 rings (SSSR count). The van der Waals surface area contributed by atoms with Gasteiger partial charge in [0.2, 0.25) is 0 Å². The first kappa shape index (κ1) is 11.5. The number of pyridine rings is 1. The maximum Gasteiger partial charge on any atom is 0.273 e. The van der Waals surface area contributed by atoms with Crippen LogP contribution in [0.3, 0.4) is 0 Å². The van der Waals surface area contributed by atoms with Gasteiger partial charge in [-0.05, 0) is 19.1 Å². The number of nitrogens with zero attached hydrogens (tertiary/aromatic N) is 3. The molecule has 78 valence electrons. The highest BCUT2D eigenvalue weighted by Crippen LogP contribution is 2.08. The number of amides is 1. The highest BCUT2D eigenvalue weighted by atomic mass is 35.5. The molecule has 0 aromatic carbocycles. The van der Waals surface area contributed by atoms with E-state index in [1.165, 1.54) is 17.2 Å². The Labute approximate surface area is 93.1 Å². The van der Waals surface area contributed by atoms with Crippen molar-refractivity contribution in [1.82, 2.24) is 9.88 Å². The summed E-state index contributed by atoms with van der Waals surface area (Å²) >= 11 is 5.65. The fourth-order valence-electron chi connectivity index (χ4n) is 0.945. The van der Waals surface area contributed by atoms with Crippen LogP contribution in [0.5, 0.6) is 0 Å². The standard InChI is InChI=1S/C10H10ClN3O/c1-7(5-12)14(2)10(15)9-4-3-8(11)6-13-9/h3-4,6-7H,1-2H3. The lowest BCUT2D eigenvalue weighted by Gasteiger charge is -2.18. The smallest absolute Gasteiger partial charge is 0.273 e. The third kappa shape index (κ3) is 2.67. The molecule has 15 heavy (non-hydrogen) atoms. The van der Waals surface area contributed by atoms with Gasteiger partial charge in [0.25, 0.3) is 5.91 Å². The summed E-state index contributed by atoms with van der Waals surface area (Å²) in [5, 5.41) is 9.13. The molecule has 0 spiro atoms. The number of hydrogen-bond acceptors (Lipinski definition) is 3. The first-order chi connectivity index (χ1) is 7.06. The monoisotopic (exact) mass is 223 g/mol. The molecule has 1 unspecified atom stereocenters. The lowest BCUT2D eigenvalue weighted by Crippen LogP contribution is -2.34. The minimum atomic E-state index is -0.477. The summed E-state index contributed by atoms with van der Waals surface area (Å²) in [5.74, 6) is -0.291. The van der Waals surface area contributed by atoms with E-state index in [0.29, 0.717) is 5.02 Å². The van der Waals surface area contributed by atoms with Crippen LogP contribution in [0.4, 0.5) is 0 Å². The lowest BCUT2D eigenvalue weighted by molar-refractivity contribution is 0.0767. The van der Waals surface area contributed by atoms with Gasteiger partial charge in [-0.15, -0.1) is 0 Å². The number of carbonyl (C=O) groups excluding carboxylic acids is 1. The zero-order chi connectivity index (χ0) is 11.4.